The van der Waals surface area contributed by atoms with Crippen LogP contribution in [0.3, 0.4) is 0 Å². The van der Waals surface area contributed by atoms with E-state index in [0.29, 0.717) is 0 Å². The number of hydrogen-bond donors (Lipinski definition) is 1. The second-order valence-corrected chi connectivity index (χ2v) is 5.32. The van der Waals surface area contributed by atoms with Crippen LogP contribution in [0, 0.1) is 0 Å². The molecule has 0 amide bonds. The van der Waals surface area contributed by atoms with E-state index in [-0.39, 0.29) is 0 Å². The van der Waals surface area contributed by atoms with Crippen LogP contribution >= 0.6 is 11.6 Å². The average Bonchev–Trinajstić information content (AvgIpc) is 2.49. The summed E-state index contributed by atoms with van der Waals surface area (Å²) in [5.41, 5.74) is 9.02. The third-order valence-corrected chi connectivity index (χ3v) is 3.89. The zero-order valence-corrected chi connectivity index (χ0v) is 11.9. The Balaban J connectivity index is 1.68. The van der Waals surface area contributed by atoms with E-state index in [4.69, 9.17) is 17.3 Å². The molecule has 0 spiro atoms. The van der Waals surface area contributed by atoms with Crippen LogP contribution in [-0.4, -0.2) is 31.2 Å². The van der Waals surface area contributed by atoms with Crippen LogP contribution in [0.4, 0.5) is 17.1 Å². The molecular weight excluding hydrogens is 272 g/mol. The maximum atomic E-state index is 5.98. The van der Waals surface area contributed by atoms with Gasteiger partial charge in [0, 0.05) is 43.1 Å². The summed E-state index contributed by atoms with van der Waals surface area (Å²) in [7, 11) is 0. The normalized spacial score (nSPS) is 15.4. The minimum atomic E-state index is 0.743. The first-order chi connectivity index (χ1) is 9.74. The van der Waals surface area contributed by atoms with Crippen molar-refractivity contribution >= 4 is 28.7 Å². The van der Waals surface area contributed by atoms with Gasteiger partial charge in [-0.25, -0.2) is 0 Å². The van der Waals surface area contributed by atoms with Crippen molar-refractivity contribution in [3.8, 4) is 0 Å². The standard InChI is InChI=1S/C15H17ClN4/c16-12-1-3-13(4-2-12)19-7-9-20(10-8-19)15-5-6-18-11-14(15)17/h1-6,11H,7-10,17H2. The molecule has 0 saturated carbocycles. The molecule has 104 valence electrons. The Bertz CT molecular complexity index is 577. The molecule has 0 radical (unpaired) electrons. The van der Waals surface area contributed by atoms with Crippen molar-refractivity contribution in [3.05, 3.63) is 47.7 Å². The van der Waals surface area contributed by atoms with Crippen molar-refractivity contribution in [2.75, 3.05) is 41.7 Å². The maximum Gasteiger partial charge on any atom is 0.0738 e. The Labute approximate surface area is 123 Å². The van der Waals surface area contributed by atoms with Crippen molar-refractivity contribution in [2.24, 2.45) is 0 Å². The second-order valence-electron chi connectivity index (χ2n) is 4.89. The predicted molar refractivity (Wildman–Crippen MR) is 84.5 cm³/mol. The van der Waals surface area contributed by atoms with Crippen molar-refractivity contribution in [1.82, 2.24) is 4.98 Å². The Morgan fingerprint density at radius 1 is 0.950 bits per heavy atom. The van der Waals surface area contributed by atoms with E-state index in [2.05, 4.69) is 26.9 Å². The minimum absolute atomic E-state index is 0.743. The van der Waals surface area contributed by atoms with Gasteiger partial charge in [0.1, 0.15) is 0 Å². The lowest BCUT2D eigenvalue weighted by Gasteiger charge is -2.37. The van der Waals surface area contributed by atoms with Gasteiger partial charge in [0.05, 0.1) is 17.6 Å². The van der Waals surface area contributed by atoms with Crippen LogP contribution in [0.5, 0.6) is 0 Å². The van der Waals surface area contributed by atoms with Crippen LogP contribution < -0.4 is 15.5 Å². The number of benzene rings is 1. The molecule has 1 aromatic carbocycles. The Kier molecular flexibility index (Phi) is 3.65. The fraction of sp³-hybridized carbons (Fsp3) is 0.267. The highest BCUT2D eigenvalue weighted by Gasteiger charge is 2.18. The summed E-state index contributed by atoms with van der Waals surface area (Å²) in [6.45, 7) is 3.86. The maximum absolute atomic E-state index is 5.98. The van der Waals surface area contributed by atoms with Crippen LogP contribution in [0.2, 0.25) is 5.02 Å². The second kappa shape index (κ2) is 5.59. The summed E-state index contributed by atoms with van der Waals surface area (Å²) in [6, 6.07) is 9.99. The van der Waals surface area contributed by atoms with Gasteiger partial charge in [0.2, 0.25) is 0 Å². The molecule has 1 aromatic heterocycles. The van der Waals surface area contributed by atoms with Gasteiger partial charge in [0.15, 0.2) is 0 Å². The number of rotatable bonds is 2. The summed E-state index contributed by atoms with van der Waals surface area (Å²) < 4.78 is 0. The van der Waals surface area contributed by atoms with Gasteiger partial charge < -0.3 is 15.5 Å². The summed E-state index contributed by atoms with van der Waals surface area (Å²) in [6.07, 6.45) is 3.50. The van der Waals surface area contributed by atoms with Gasteiger partial charge >= 0.3 is 0 Å². The largest absolute Gasteiger partial charge is 0.396 e. The number of nitrogen functional groups attached to an aromatic ring is 1. The van der Waals surface area contributed by atoms with Crippen molar-refractivity contribution in [3.63, 3.8) is 0 Å². The number of aromatic nitrogens is 1. The van der Waals surface area contributed by atoms with Gasteiger partial charge in [-0.2, -0.15) is 0 Å². The summed E-state index contributed by atoms with van der Waals surface area (Å²) in [5, 5.41) is 0.775. The van der Waals surface area contributed by atoms with Gasteiger partial charge in [-0.15, -0.1) is 0 Å². The molecule has 1 fully saturated rings. The summed E-state index contributed by atoms with van der Waals surface area (Å²) in [5.74, 6) is 0. The van der Waals surface area contributed by atoms with Crippen LogP contribution in [-0.2, 0) is 0 Å². The number of nitrogens with zero attached hydrogens (tertiary/aromatic N) is 3. The lowest BCUT2D eigenvalue weighted by Crippen LogP contribution is -2.46. The zero-order chi connectivity index (χ0) is 13.9. The van der Waals surface area contributed by atoms with Crippen molar-refractivity contribution in [1.29, 1.82) is 0 Å². The van der Waals surface area contributed by atoms with Crippen LogP contribution in [0.15, 0.2) is 42.7 Å². The van der Waals surface area contributed by atoms with Crippen LogP contribution in [0.25, 0.3) is 0 Å². The zero-order valence-electron chi connectivity index (χ0n) is 11.2. The summed E-state index contributed by atoms with van der Waals surface area (Å²) in [4.78, 5) is 8.71. The first-order valence-electron chi connectivity index (χ1n) is 6.69. The molecule has 2 aromatic rings. The highest BCUT2D eigenvalue weighted by Crippen LogP contribution is 2.25. The number of anilines is 3. The molecular formula is C15H17ClN4. The fourth-order valence-corrected chi connectivity index (χ4v) is 2.67. The van der Waals surface area contributed by atoms with E-state index in [1.807, 2.05) is 18.2 Å². The third-order valence-electron chi connectivity index (χ3n) is 3.64. The lowest BCUT2D eigenvalue weighted by atomic mass is 10.2. The molecule has 3 rings (SSSR count). The number of hydrogen-bond acceptors (Lipinski definition) is 4. The minimum Gasteiger partial charge on any atom is -0.396 e. The average molecular weight is 289 g/mol. The quantitative estimate of drug-likeness (QED) is 0.923. The van der Waals surface area contributed by atoms with Gasteiger partial charge in [-0.1, -0.05) is 11.6 Å². The predicted octanol–water partition coefficient (Wildman–Crippen LogP) is 2.64. The molecule has 4 nitrogen and oxygen atoms in total. The fourth-order valence-electron chi connectivity index (χ4n) is 2.54. The summed E-state index contributed by atoms with van der Waals surface area (Å²) >= 11 is 5.92. The Hall–Kier alpha value is -1.94. The van der Waals surface area contributed by atoms with E-state index in [0.717, 1.165) is 42.6 Å². The molecule has 0 bridgehead atoms. The molecule has 1 aliphatic heterocycles. The molecule has 2 heterocycles. The van der Waals surface area contributed by atoms with Crippen molar-refractivity contribution in [2.45, 2.75) is 0 Å². The number of piperazine rings is 1. The smallest absolute Gasteiger partial charge is 0.0738 e. The monoisotopic (exact) mass is 288 g/mol. The Morgan fingerprint density at radius 2 is 1.60 bits per heavy atom. The SMILES string of the molecule is Nc1cnccc1N1CCN(c2ccc(Cl)cc2)CC1. The third kappa shape index (κ3) is 2.65. The molecule has 1 aliphatic rings. The first kappa shape index (κ1) is 13.1. The van der Waals surface area contributed by atoms with Gasteiger partial charge in [-0.05, 0) is 30.3 Å². The van der Waals surface area contributed by atoms with E-state index in [1.165, 1.54) is 5.69 Å². The number of nitrogens with two attached hydrogens (primary N) is 1. The number of pyridine rings is 1. The highest BCUT2D eigenvalue weighted by molar-refractivity contribution is 6.30. The number of halogens is 1. The van der Waals surface area contributed by atoms with Crippen molar-refractivity contribution < 1.29 is 0 Å². The van der Waals surface area contributed by atoms with E-state index in [9.17, 15) is 0 Å². The first-order valence-corrected chi connectivity index (χ1v) is 7.07. The van der Waals surface area contributed by atoms with E-state index < -0.39 is 0 Å². The molecule has 5 heteroatoms. The lowest BCUT2D eigenvalue weighted by molar-refractivity contribution is 0.654. The van der Waals surface area contributed by atoms with Gasteiger partial charge in [-0.3, -0.25) is 4.98 Å². The van der Waals surface area contributed by atoms with Gasteiger partial charge in [0.25, 0.3) is 0 Å². The molecule has 1 saturated heterocycles. The van der Waals surface area contributed by atoms with E-state index in [1.54, 1.807) is 12.4 Å². The molecule has 0 unspecified atom stereocenters. The highest BCUT2D eigenvalue weighted by atomic mass is 35.5. The molecule has 2 N–H and O–H groups in total. The molecule has 0 atom stereocenters. The molecule has 20 heavy (non-hydrogen) atoms. The van der Waals surface area contributed by atoms with Crippen LogP contribution in [0.1, 0.15) is 0 Å². The molecule has 0 aliphatic carbocycles. The topological polar surface area (TPSA) is 45.4 Å². The Morgan fingerprint density at radius 3 is 2.25 bits per heavy atom. The van der Waals surface area contributed by atoms with E-state index >= 15 is 0 Å².